The van der Waals surface area contributed by atoms with Crippen molar-refractivity contribution in [3.8, 4) is 0 Å². The molecule has 166 valence electrons. The average molecular weight is 428 g/mol. The third-order valence-corrected chi connectivity index (χ3v) is 6.02. The van der Waals surface area contributed by atoms with E-state index in [9.17, 15) is 14.4 Å². The molecule has 2 atom stereocenters. The highest BCUT2D eigenvalue weighted by Gasteiger charge is 2.36. The molecule has 0 unspecified atom stereocenters. The molecule has 4 rings (SSSR count). The van der Waals surface area contributed by atoms with E-state index in [0.29, 0.717) is 29.9 Å². The smallest absolute Gasteiger partial charge is 0.328 e. The number of hydrogen-bond acceptors (Lipinski definition) is 5. The Labute approximate surface area is 180 Å². The highest BCUT2D eigenvalue weighted by atomic mass is 16.4. The Morgan fingerprint density at radius 2 is 1.61 bits per heavy atom. The summed E-state index contributed by atoms with van der Waals surface area (Å²) in [6, 6.07) is 9.42. The van der Waals surface area contributed by atoms with Gasteiger partial charge < -0.3 is 20.4 Å². The van der Waals surface area contributed by atoms with Crippen LogP contribution in [0.3, 0.4) is 0 Å². The number of carboxylic acids is 2. The number of rotatable bonds is 4. The molecular formula is C22H28N4O5. The molecule has 3 N–H and O–H groups in total. The molecule has 2 fully saturated rings. The fourth-order valence-electron chi connectivity index (χ4n) is 4.51. The minimum atomic E-state index is -1.26. The summed E-state index contributed by atoms with van der Waals surface area (Å²) in [6.07, 6.45) is 7.07. The van der Waals surface area contributed by atoms with Gasteiger partial charge in [0.25, 0.3) is 5.91 Å². The molecule has 1 aromatic heterocycles. The molecule has 0 radical (unpaired) electrons. The third kappa shape index (κ3) is 5.49. The molecule has 0 spiro atoms. The number of carbonyl (C=O) groups is 3. The van der Waals surface area contributed by atoms with Gasteiger partial charge in [-0.25, -0.2) is 9.59 Å². The zero-order chi connectivity index (χ0) is 22.5. The van der Waals surface area contributed by atoms with Crippen molar-refractivity contribution in [2.75, 3.05) is 7.05 Å². The molecule has 2 aliphatic rings. The van der Waals surface area contributed by atoms with Gasteiger partial charge in [-0.05, 0) is 38.8 Å². The number of para-hydroxylation sites is 1. The topological polar surface area (TPSA) is 125 Å². The molecule has 2 bridgehead atoms. The number of hydrogen-bond donors (Lipinski definition) is 3. The summed E-state index contributed by atoms with van der Waals surface area (Å²) in [6.45, 7) is 0. The van der Waals surface area contributed by atoms with Crippen LogP contribution in [0.4, 0.5) is 0 Å². The minimum Gasteiger partial charge on any atom is -0.478 e. The van der Waals surface area contributed by atoms with Gasteiger partial charge in [0, 0.05) is 42.7 Å². The number of benzene rings is 1. The van der Waals surface area contributed by atoms with Crippen molar-refractivity contribution in [1.82, 2.24) is 20.0 Å². The van der Waals surface area contributed by atoms with E-state index < -0.39 is 11.9 Å². The maximum absolute atomic E-state index is 12.7. The number of carboxylic acid groups (broad SMARTS) is 2. The van der Waals surface area contributed by atoms with Gasteiger partial charge in [0.05, 0.1) is 5.52 Å². The molecule has 0 aliphatic carbocycles. The average Bonchev–Trinajstić information content (AvgIpc) is 3.05. The molecule has 1 amide bonds. The molecular weight excluding hydrogens is 400 g/mol. The van der Waals surface area contributed by atoms with Crippen LogP contribution in [-0.4, -0.2) is 67.9 Å². The first-order chi connectivity index (χ1) is 14.8. The van der Waals surface area contributed by atoms with Crippen molar-refractivity contribution in [2.24, 2.45) is 7.05 Å². The van der Waals surface area contributed by atoms with Crippen LogP contribution in [0, 0.1) is 0 Å². The lowest BCUT2D eigenvalue weighted by Gasteiger charge is -2.47. The SMILES string of the molecule is CN1[C@H]2CCC[C@H]1CC(NC(=O)c1nn(C)c3ccccc13)C2.O=C(O)/C=C/C(=O)O. The Morgan fingerprint density at radius 3 is 2.19 bits per heavy atom. The van der Waals surface area contributed by atoms with Gasteiger partial charge in [0.2, 0.25) is 0 Å². The Kier molecular flexibility index (Phi) is 7.06. The molecule has 31 heavy (non-hydrogen) atoms. The quantitative estimate of drug-likeness (QED) is 0.636. The number of nitrogens with one attached hydrogen (secondary N) is 1. The summed E-state index contributed by atoms with van der Waals surface area (Å²) in [7, 11) is 4.12. The van der Waals surface area contributed by atoms with Crippen molar-refractivity contribution in [3.63, 3.8) is 0 Å². The van der Waals surface area contributed by atoms with Crippen molar-refractivity contribution in [1.29, 1.82) is 0 Å². The van der Waals surface area contributed by atoms with E-state index in [0.717, 1.165) is 23.7 Å². The number of aliphatic carboxylic acids is 2. The van der Waals surface area contributed by atoms with Crippen LogP contribution in [0.2, 0.25) is 0 Å². The van der Waals surface area contributed by atoms with E-state index in [-0.39, 0.29) is 11.9 Å². The predicted octanol–water partition coefficient (Wildman–Crippen LogP) is 2.03. The predicted molar refractivity (Wildman–Crippen MR) is 115 cm³/mol. The highest BCUT2D eigenvalue weighted by molar-refractivity contribution is 6.04. The minimum absolute atomic E-state index is 0.0329. The van der Waals surface area contributed by atoms with Gasteiger partial charge in [-0.15, -0.1) is 0 Å². The fraction of sp³-hybridized carbons (Fsp3) is 0.455. The number of aryl methyl sites for hydroxylation is 1. The lowest BCUT2D eigenvalue weighted by molar-refractivity contribution is -0.134. The molecule has 9 nitrogen and oxygen atoms in total. The van der Waals surface area contributed by atoms with Crippen molar-refractivity contribution in [2.45, 2.75) is 50.2 Å². The van der Waals surface area contributed by atoms with E-state index in [4.69, 9.17) is 10.2 Å². The number of piperidine rings is 2. The van der Waals surface area contributed by atoms with Crippen molar-refractivity contribution >= 4 is 28.7 Å². The van der Waals surface area contributed by atoms with Crippen LogP contribution >= 0.6 is 0 Å². The maximum atomic E-state index is 12.7. The monoisotopic (exact) mass is 428 g/mol. The first-order valence-electron chi connectivity index (χ1n) is 10.3. The van der Waals surface area contributed by atoms with Gasteiger partial charge in [-0.3, -0.25) is 9.48 Å². The zero-order valence-corrected chi connectivity index (χ0v) is 17.7. The molecule has 1 aromatic carbocycles. The molecule has 9 heteroatoms. The summed E-state index contributed by atoms with van der Waals surface area (Å²) >= 11 is 0. The van der Waals surface area contributed by atoms with E-state index in [2.05, 4.69) is 22.4 Å². The molecule has 3 heterocycles. The highest BCUT2D eigenvalue weighted by Crippen LogP contribution is 2.32. The van der Waals surface area contributed by atoms with Crippen LogP contribution < -0.4 is 5.32 Å². The van der Waals surface area contributed by atoms with Crippen molar-refractivity contribution in [3.05, 3.63) is 42.1 Å². The van der Waals surface area contributed by atoms with Crippen LogP contribution in [-0.2, 0) is 16.6 Å². The number of carbonyl (C=O) groups excluding carboxylic acids is 1. The van der Waals surface area contributed by atoms with Crippen LogP contribution in [0.1, 0.15) is 42.6 Å². The van der Waals surface area contributed by atoms with Crippen LogP contribution in [0.5, 0.6) is 0 Å². The van der Waals surface area contributed by atoms with Crippen LogP contribution in [0.15, 0.2) is 36.4 Å². The Hall–Kier alpha value is -3.20. The van der Waals surface area contributed by atoms with Gasteiger partial charge in [-0.1, -0.05) is 24.6 Å². The first kappa shape index (κ1) is 22.5. The lowest BCUT2D eigenvalue weighted by Crippen LogP contribution is -2.55. The second kappa shape index (κ2) is 9.74. The lowest BCUT2D eigenvalue weighted by atomic mass is 9.82. The molecule has 2 saturated heterocycles. The van der Waals surface area contributed by atoms with Gasteiger partial charge in [0.1, 0.15) is 0 Å². The summed E-state index contributed by atoms with van der Waals surface area (Å²) in [4.78, 5) is 34.4. The number of amides is 1. The summed E-state index contributed by atoms with van der Waals surface area (Å²) in [5.74, 6) is -2.55. The summed E-state index contributed by atoms with van der Waals surface area (Å²) in [5.41, 5.74) is 1.55. The summed E-state index contributed by atoms with van der Waals surface area (Å²) < 4.78 is 1.79. The van der Waals surface area contributed by atoms with E-state index >= 15 is 0 Å². The number of aromatic nitrogens is 2. The zero-order valence-electron chi connectivity index (χ0n) is 17.7. The second-order valence-electron chi connectivity index (χ2n) is 8.04. The van der Waals surface area contributed by atoms with E-state index in [1.165, 1.54) is 19.3 Å². The van der Waals surface area contributed by atoms with Gasteiger partial charge in [-0.2, -0.15) is 5.10 Å². The van der Waals surface area contributed by atoms with Gasteiger partial charge >= 0.3 is 11.9 Å². The maximum Gasteiger partial charge on any atom is 0.328 e. The largest absolute Gasteiger partial charge is 0.478 e. The Balaban J connectivity index is 0.000000293. The first-order valence-corrected chi connectivity index (χ1v) is 10.3. The third-order valence-electron chi connectivity index (χ3n) is 6.02. The standard InChI is InChI=1S/C18H24N4O.C4H4O4/c1-21-13-6-5-7-14(21)11-12(10-13)19-18(23)17-15-8-3-4-9-16(15)22(2)20-17;5-3(6)1-2-4(7)8/h3-4,8-9,12-14H,5-7,10-11H2,1-2H3,(H,19,23);1-2H,(H,5,6)(H,7,8)/b;2-1+/t13-,14-;/m0./s1. The second-order valence-corrected chi connectivity index (χ2v) is 8.04. The van der Waals surface area contributed by atoms with E-state index in [1.54, 1.807) is 4.68 Å². The Morgan fingerprint density at radius 1 is 1.03 bits per heavy atom. The Bertz CT molecular complexity index is 969. The van der Waals surface area contributed by atoms with Crippen molar-refractivity contribution < 1.29 is 24.6 Å². The summed E-state index contributed by atoms with van der Waals surface area (Å²) in [5, 5.41) is 24.2. The van der Waals surface area contributed by atoms with E-state index in [1.807, 2.05) is 31.3 Å². The number of nitrogens with zero attached hydrogens (tertiary/aromatic N) is 3. The number of fused-ring (bicyclic) bond motifs is 3. The molecule has 2 aliphatic heterocycles. The van der Waals surface area contributed by atoms with Crippen LogP contribution in [0.25, 0.3) is 10.9 Å². The normalized spacial score (nSPS) is 23.2. The fourth-order valence-corrected chi connectivity index (χ4v) is 4.51. The van der Waals surface area contributed by atoms with Gasteiger partial charge in [0.15, 0.2) is 5.69 Å². The molecule has 0 saturated carbocycles. The molecule has 2 aromatic rings.